The van der Waals surface area contributed by atoms with Gasteiger partial charge in [0.05, 0.1) is 16.6 Å². The number of amides is 1. The number of nitrogens with zero attached hydrogens (tertiary/aromatic N) is 3. The maximum absolute atomic E-state index is 12.3. The number of H-pyrrole nitrogens is 1. The van der Waals surface area contributed by atoms with Crippen LogP contribution in [-0.4, -0.2) is 57.1 Å². The zero-order valence-corrected chi connectivity index (χ0v) is 23.4. The fraction of sp³-hybridized carbons (Fsp3) is 0.222. The van der Waals surface area contributed by atoms with Crippen molar-refractivity contribution in [3.63, 3.8) is 0 Å². The Bertz CT molecular complexity index is 1450. The Morgan fingerprint density at radius 1 is 1.12 bits per heavy atom. The van der Waals surface area contributed by atoms with E-state index in [0.717, 1.165) is 23.4 Å². The number of hydrogen-bond acceptors (Lipinski definition) is 4. The number of fused-ring (bicyclic) bond motifs is 1. The van der Waals surface area contributed by atoms with Gasteiger partial charge in [-0.3, -0.25) is 9.36 Å². The number of nitrogens with one attached hydrogen (secondary N) is 1. The van der Waals surface area contributed by atoms with E-state index < -0.39 is 12.0 Å². The van der Waals surface area contributed by atoms with Gasteiger partial charge in [0.15, 0.2) is 5.75 Å². The van der Waals surface area contributed by atoms with Gasteiger partial charge >= 0.3 is 12.2 Å². The van der Waals surface area contributed by atoms with Gasteiger partial charge < -0.3 is 14.6 Å². The Kier molecular flexibility index (Phi) is 11.1. The molecule has 0 aliphatic heterocycles. The lowest BCUT2D eigenvalue weighted by Gasteiger charge is -2.22. The van der Waals surface area contributed by atoms with Crippen LogP contribution in [0.2, 0.25) is 15.1 Å². The maximum Gasteiger partial charge on any atom is 0.454 e. The molecule has 13 heteroatoms. The predicted molar refractivity (Wildman–Crippen MR) is 150 cm³/mol. The molecule has 1 amide bonds. The van der Waals surface area contributed by atoms with Crippen molar-refractivity contribution in [1.29, 1.82) is 0 Å². The Morgan fingerprint density at radius 3 is 2.45 bits per heavy atom. The fourth-order valence-electron chi connectivity index (χ4n) is 3.53. The van der Waals surface area contributed by atoms with Crippen LogP contribution in [0.15, 0.2) is 67.4 Å². The van der Waals surface area contributed by atoms with Crippen LogP contribution < -0.4 is 4.74 Å². The molecule has 0 bridgehead atoms. The number of halogens is 6. The smallest absolute Gasteiger partial charge is 0.454 e. The Labute approximate surface area is 243 Å². The molecule has 1 N–H and O–H groups in total. The summed E-state index contributed by atoms with van der Waals surface area (Å²) in [7, 11) is 0. The van der Waals surface area contributed by atoms with Crippen LogP contribution >= 0.6 is 34.8 Å². The van der Waals surface area contributed by atoms with Gasteiger partial charge in [-0.15, -0.1) is 0 Å². The number of imidazole rings is 1. The normalized spacial score (nSPS) is 11.4. The van der Waals surface area contributed by atoms with Crippen molar-refractivity contribution < 1.29 is 27.5 Å². The highest BCUT2D eigenvalue weighted by molar-refractivity contribution is 6.40. The third-order valence-electron chi connectivity index (χ3n) is 5.37. The van der Waals surface area contributed by atoms with Crippen molar-refractivity contribution in [2.75, 3.05) is 19.7 Å². The number of rotatable bonds is 8. The Morgan fingerprint density at radius 2 is 1.82 bits per heavy atom. The van der Waals surface area contributed by atoms with E-state index in [2.05, 4.69) is 9.97 Å². The third-order valence-corrected chi connectivity index (χ3v) is 6.15. The van der Waals surface area contributed by atoms with Crippen LogP contribution in [0.1, 0.15) is 18.9 Å². The third kappa shape index (κ3) is 8.51. The lowest BCUT2D eigenvalue weighted by Crippen LogP contribution is -2.37. The van der Waals surface area contributed by atoms with Crippen molar-refractivity contribution in [1.82, 2.24) is 19.4 Å². The highest BCUT2D eigenvalue weighted by Gasteiger charge is 2.36. The molecule has 0 saturated carbocycles. The first-order chi connectivity index (χ1) is 19.0. The zero-order valence-electron chi connectivity index (χ0n) is 21.1. The molecule has 0 aliphatic carbocycles. The van der Waals surface area contributed by atoms with Crippen LogP contribution in [-0.2, 0) is 4.79 Å². The molecule has 4 rings (SSSR count). The molecule has 0 unspecified atom stereocenters. The summed E-state index contributed by atoms with van der Waals surface area (Å²) in [5.41, 5.74) is 1.37. The van der Waals surface area contributed by atoms with E-state index in [4.69, 9.17) is 39.5 Å². The largest absolute Gasteiger partial charge is 0.489 e. The van der Waals surface area contributed by atoms with Crippen molar-refractivity contribution in [2.24, 2.45) is 0 Å². The number of ketones is 1. The lowest BCUT2D eigenvalue weighted by molar-refractivity contribution is -0.165. The number of aromatic nitrogens is 3. The van der Waals surface area contributed by atoms with E-state index in [9.17, 15) is 22.8 Å². The molecule has 7 nitrogen and oxygen atoms in total. The van der Waals surface area contributed by atoms with Gasteiger partial charge in [-0.2, -0.15) is 13.2 Å². The first kappa shape index (κ1) is 31.1. The molecule has 2 aromatic carbocycles. The maximum atomic E-state index is 12.3. The van der Waals surface area contributed by atoms with Gasteiger partial charge in [0.25, 0.3) is 5.78 Å². The predicted octanol–water partition coefficient (Wildman–Crippen LogP) is 7.91. The van der Waals surface area contributed by atoms with Gasteiger partial charge in [-0.1, -0.05) is 59.9 Å². The zero-order chi connectivity index (χ0) is 29.3. The van der Waals surface area contributed by atoms with Crippen molar-refractivity contribution in [3.05, 3.63) is 88.0 Å². The first-order valence-electron chi connectivity index (χ1n) is 11.9. The molecule has 0 radical (unpaired) electrons. The number of allylic oxidation sites excluding steroid dienone is 1. The molecule has 2 aromatic heterocycles. The van der Waals surface area contributed by atoms with Gasteiger partial charge in [0.2, 0.25) is 0 Å². The summed E-state index contributed by atoms with van der Waals surface area (Å²) in [6.45, 7) is 3.28. The number of alkyl halides is 3. The van der Waals surface area contributed by atoms with Gasteiger partial charge in [-0.05, 0) is 42.3 Å². The van der Waals surface area contributed by atoms with Crippen molar-refractivity contribution >= 4 is 63.6 Å². The molecular weight excluding hydrogens is 592 g/mol. The molecule has 0 fully saturated rings. The molecule has 2 heterocycles. The van der Waals surface area contributed by atoms with E-state index >= 15 is 0 Å². The minimum atomic E-state index is -4.82. The van der Waals surface area contributed by atoms with Crippen molar-refractivity contribution in [2.45, 2.75) is 19.5 Å². The molecule has 4 aromatic rings. The van der Waals surface area contributed by atoms with Gasteiger partial charge in [-0.25, -0.2) is 9.78 Å². The topological polar surface area (TPSA) is 80.2 Å². The van der Waals surface area contributed by atoms with Gasteiger partial charge in [0, 0.05) is 41.1 Å². The van der Waals surface area contributed by atoms with E-state index in [1.165, 1.54) is 10.9 Å². The quantitative estimate of drug-likeness (QED) is 0.204. The minimum Gasteiger partial charge on any atom is -0.489 e. The summed E-state index contributed by atoms with van der Waals surface area (Å²) < 4.78 is 43.0. The van der Waals surface area contributed by atoms with Crippen LogP contribution in [0.4, 0.5) is 18.0 Å². The van der Waals surface area contributed by atoms with E-state index in [0.29, 0.717) is 45.5 Å². The summed E-state index contributed by atoms with van der Waals surface area (Å²) in [5, 5.41) is 1.89. The summed E-state index contributed by atoms with van der Waals surface area (Å²) >= 11 is 18.0. The van der Waals surface area contributed by atoms with E-state index in [1.54, 1.807) is 53.8 Å². The SMILES string of the molecule is CCCN(CCOc1c(Cl)cc(Cl)cc1Cl)C(=O)n1ccnc1.O=C(/C=C/c1c[nH]c2ccccc12)C(F)(F)F. The lowest BCUT2D eigenvalue weighted by atomic mass is 10.1. The monoisotopic (exact) mass is 614 g/mol. The van der Waals surface area contributed by atoms with Crippen LogP contribution in [0.3, 0.4) is 0 Å². The average Bonchev–Trinajstić information content (AvgIpc) is 3.58. The van der Waals surface area contributed by atoms with Crippen molar-refractivity contribution in [3.8, 4) is 5.75 Å². The van der Waals surface area contributed by atoms with Crippen LogP contribution in [0.5, 0.6) is 5.75 Å². The molecular formula is C27H24Cl3F3N4O3. The molecule has 0 saturated heterocycles. The number of para-hydroxylation sites is 1. The number of benzene rings is 2. The number of carbonyl (C=O) groups is 2. The highest BCUT2D eigenvalue weighted by atomic mass is 35.5. The molecule has 0 atom stereocenters. The van der Waals surface area contributed by atoms with E-state index in [-0.39, 0.29) is 12.6 Å². The second-order valence-corrected chi connectivity index (χ2v) is 9.52. The molecule has 0 spiro atoms. The fourth-order valence-corrected chi connectivity index (χ4v) is 4.45. The van der Waals surface area contributed by atoms with Gasteiger partial charge in [0.1, 0.15) is 12.9 Å². The summed E-state index contributed by atoms with van der Waals surface area (Å²) in [4.78, 5) is 31.5. The Hall–Kier alpha value is -3.47. The number of ether oxygens (including phenoxy) is 1. The summed E-state index contributed by atoms with van der Waals surface area (Å²) in [6.07, 6.45) is 3.92. The molecule has 40 heavy (non-hydrogen) atoms. The second kappa shape index (κ2) is 14.2. The first-order valence-corrected chi connectivity index (χ1v) is 13.0. The van der Waals surface area contributed by atoms with E-state index in [1.807, 2.05) is 13.0 Å². The second-order valence-electron chi connectivity index (χ2n) is 8.27. The number of carbonyl (C=O) groups excluding carboxylic acids is 2. The highest BCUT2D eigenvalue weighted by Crippen LogP contribution is 2.35. The average molecular weight is 616 g/mol. The van der Waals surface area contributed by atoms with Crippen LogP contribution in [0.25, 0.3) is 17.0 Å². The Balaban J connectivity index is 0.000000230. The van der Waals surface area contributed by atoms with Crippen LogP contribution in [0, 0.1) is 0 Å². The molecule has 0 aliphatic rings. The summed E-state index contributed by atoms with van der Waals surface area (Å²) in [5.74, 6) is -1.49. The molecule has 212 valence electrons. The number of aromatic amines is 1. The summed E-state index contributed by atoms with van der Waals surface area (Å²) in [6, 6.07) is 10.1. The standard InChI is InChI=1S/C15H16Cl3N3O2.C12H8F3NO/c1-2-4-20(15(22)21-5-3-19-10-21)6-7-23-14-12(17)8-11(16)9-13(14)18;13-12(14,15)11(17)6-5-8-7-16-10-4-2-1-3-9(8)10/h3,5,8-10H,2,4,6-7H2,1H3;1-7,16H/b;6-5+. The number of hydrogen-bond donors (Lipinski definition) is 1. The minimum absolute atomic E-state index is 0.152.